The first-order valence-corrected chi connectivity index (χ1v) is 10.8. The fraction of sp³-hybridized carbons (Fsp3) is 0.900. The molecule has 28 heavy (non-hydrogen) atoms. The van der Waals surface area contributed by atoms with Crippen molar-refractivity contribution in [1.82, 2.24) is 20.0 Å². The predicted molar refractivity (Wildman–Crippen MR) is 110 cm³/mol. The van der Waals surface area contributed by atoms with Gasteiger partial charge in [-0.05, 0) is 33.6 Å². The van der Waals surface area contributed by atoms with Crippen molar-refractivity contribution in [3.8, 4) is 0 Å². The van der Waals surface area contributed by atoms with Gasteiger partial charge in [0.1, 0.15) is 6.10 Å². The van der Waals surface area contributed by atoms with Gasteiger partial charge in [0, 0.05) is 59.0 Å². The molecule has 0 aromatic rings. The lowest BCUT2D eigenvalue weighted by Crippen LogP contribution is -2.55. The van der Waals surface area contributed by atoms with E-state index in [0.717, 1.165) is 84.3 Å². The van der Waals surface area contributed by atoms with Crippen LogP contribution in [0.5, 0.6) is 0 Å². The van der Waals surface area contributed by atoms with Crippen LogP contribution in [0.15, 0.2) is 4.99 Å². The van der Waals surface area contributed by atoms with Crippen LogP contribution < -0.4 is 5.32 Å². The van der Waals surface area contributed by atoms with Crippen LogP contribution in [0.25, 0.3) is 0 Å². The molecule has 3 aliphatic rings. The summed E-state index contributed by atoms with van der Waals surface area (Å²) in [5.41, 5.74) is -0.0711. The molecule has 0 radical (unpaired) electrons. The van der Waals surface area contributed by atoms with Gasteiger partial charge in [-0.25, -0.2) is 0 Å². The highest BCUT2D eigenvalue weighted by molar-refractivity contribution is 5.82. The minimum Gasteiger partial charge on any atom is -0.373 e. The highest BCUT2D eigenvalue weighted by Gasteiger charge is 2.31. The molecule has 0 aliphatic carbocycles. The molecule has 0 aromatic heterocycles. The quantitative estimate of drug-likeness (QED) is 0.536. The minimum atomic E-state index is -0.216. The summed E-state index contributed by atoms with van der Waals surface area (Å²) in [6.07, 6.45) is 1.64. The summed E-state index contributed by atoms with van der Waals surface area (Å²) >= 11 is 0. The zero-order chi connectivity index (χ0) is 20.0. The number of amides is 1. The minimum absolute atomic E-state index is 0.0711. The normalized spacial score (nSPS) is 26.5. The van der Waals surface area contributed by atoms with Crippen molar-refractivity contribution < 1.29 is 14.3 Å². The number of carbonyl (C=O) groups excluding carboxylic acids is 1. The van der Waals surface area contributed by atoms with E-state index in [0.29, 0.717) is 6.61 Å². The molecule has 160 valence electrons. The van der Waals surface area contributed by atoms with E-state index in [-0.39, 0.29) is 17.6 Å². The predicted octanol–water partition coefficient (Wildman–Crippen LogP) is 0.386. The molecular weight excluding hydrogens is 358 g/mol. The second-order valence-corrected chi connectivity index (χ2v) is 8.43. The average molecular weight is 396 g/mol. The van der Waals surface area contributed by atoms with Crippen molar-refractivity contribution in [1.29, 1.82) is 0 Å². The fourth-order valence-electron chi connectivity index (χ4n) is 4.14. The van der Waals surface area contributed by atoms with Crippen molar-refractivity contribution in [2.45, 2.75) is 45.3 Å². The molecule has 3 rings (SSSR count). The SMILES string of the molecule is CCNC(=NCCN1CCOC(C)(C)C1)N1CCN(C(=O)C2CCCO2)CC1. The molecular formula is C20H37N5O3. The molecule has 8 heteroatoms. The molecule has 0 bridgehead atoms. The first kappa shape index (κ1) is 21.3. The maximum Gasteiger partial charge on any atom is 0.251 e. The number of ether oxygens (including phenoxy) is 2. The van der Waals surface area contributed by atoms with Gasteiger partial charge in [0.05, 0.1) is 18.8 Å². The number of hydrogen-bond acceptors (Lipinski definition) is 5. The Bertz CT molecular complexity index is 540. The molecule has 0 aromatic carbocycles. The van der Waals surface area contributed by atoms with Crippen LogP contribution in [0.4, 0.5) is 0 Å². The zero-order valence-electron chi connectivity index (χ0n) is 17.8. The van der Waals surface area contributed by atoms with Crippen molar-refractivity contribution in [2.75, 3.05) is 72.1 Å². The van der Waals surface area contributed by atoms with Crippen molar-refractivity contribution in [3.05, 3.63) is 0 Å². The molecule has 8 nitrogen and oxygen atoms in total. The van der Waals surface area contributed by atoms with Crippen molar-refractivity contribution in [3.63, 3.8) is 0 Å². The van der Waals surface area contributed by atoms with Gasteiger partial charge in [-0.1, -0.05) is 0 Å². The van der Waals surface area contributed by atoms with Gasteiger partial charge in [-0.15, -0.1) is 0 Å². The van der Waals surface area contributed by atoms with E-state index in [1.54, 1.807) is 0 Å². The Morgan fingerprint density at radius 2 is 1.89 bits per heavy atom. The standard InChI is InChI=1S/C20H37N5O3/c1-4-21-19(22-7-8-23-13-15-28-20(2,3)16-23)25-11-9-24(10-12-25)18(26)17-6-5-14-27-17/h17H,4-16H2,1-3H3,(H,21,22). The number of rotatable bonds is 5. The molecule has 0 saturated carbocycles. The van der Waals surface area contributed by atoms with Gasteiger partial charge in [0.15, 0.2) is 5.96 Å². The third kappa shape index (κ3) is 5.81. The molecule has 3 heterocycles. The van der Waals surface area contributed by atoms with Gasteiger partial charge in [0.2, 0.25) is 0 Å². The highest BCUT2D eigenvalue weighted by Crippen LogP contribution is 2.17. The monoisotopic (exact) mass is 395 g/mol. The van der Waals surface area contributed by atoms with Gasteiger partial charge in [-0.3, -0.25) is 14.7 Å². The van der Waals surface area contributed by atoms with Crippen LogP contribution >= 0.6 is 0 Å². The largest absolute Gasteiger partial charge is 0.373 e. The van der Waals surface area contributed by atoms with Crippen LogP contribution in [0.2, 0.25) is 0 Å². The zero-order valence-corrected chi connectivity index (χ0v) is 17.8. The van der Waals surface area contributed by atoms with Gasteiger partial charge in [-0.2, -0.15) is 0 Å². The van der Waals surface area contributed by atoms with E-state index >= 15 is 0 Å². The maximum atomic E-state index is 12.5. The van der Waals surface area contributed by atoms with Gasteiger partial charge in [0.25, 0.3) is 5.91 Å². The Labute approximate surface area is 169 Å². The molecule has 1 atom stereocenters. The Morgan fingerprint density at radius 3 is 2.54 bits per heavy atom. The maximum absolute atomic E-state index is 12.5. The topological polar surface area (TPSA) is 69.6 Å². The number of guanidine groups is 1. The van der Waals surface area contributed by atoms with Crippen LogP contribution in [-0.4, -0.2) is 110 Å². The summed E-state index contributed by atoms with van der Waals surface area (Å²) in [6.45, 7) is 15.5. The summed E-state index contributed by atoms with van der Waals surface area (Å²) in [5, 5.41) is 3.41. The lowest BCUT2D eigenvalue weighted by atomic mass is 10.1. The average Bonchev–Trinajstić information content (AvgIpc) is 3.21. The first-order chi connectivity index (χ1) is 13.5. The molecule has 1 unspecified atom stereocenters. The van der Waals surface area contributed by atoms with Crippen molar-refractivity contribution >= 4 is 11.9 Å². The lowest BCUT2D eigenvalue weighted by molar-refractivity contribution is -0.142. The molecule has 3 fully saturated rings. The molecule has 0 spiro atoms. The number of aliphatic imine (C=N–C) groups is 1. The van der Waals surface area contributed by atoms with Gasteiger partial charge < -0.3 is 24.6 Å². The van der Waals surface area contributed by atoms with E-state index in [4.69, 9.17) is 14.5 Å². The second-order valence-electron chi connectivity index (χ2n) is 8.43. The first-order valence-electron chi connectivity index (χ1n) is 10.8. The number of piperazine rings is 1. The van der Waals surface area contributed by atoms with Crippen molar-refractivity contribution in [2.24, 2.45) is 4.99 Å². The Morgan fingerprint density at radius 1 is 1.14 bits per heavy atom. The summed E-state index contributed by atoms with van der Waals surface area (Å²) < 4.78 is 11.3. The van der Waals surface area contributed by atoms with E-state index in [2.05, 4.69) is 35.9 Å². The van der Waals surface area contributed by atoms with E-state index in [1.165, 1.54) is 0 Å². The highest BCUT2D eigenvalue weighted by atomic mass is 16.5. The van der Waals surface area contributed by atoms with E-state index in [9.17, 15) is 4.79 Å². The van der Waals surface area contributed by atoms with Crippen LogP contribution in [0.3, 0.4) is 0 Å². The van der Waals surface area contributed by atoms with Gasteiger partial charge >= 0.3 is 0 Å². The third-order valence-electron chi connectivity index (χ3n) is 5.61. The van der Waals surface area contributed by atoms with E-state index < -0.39 is 0 Å². The number of carbonyl (C=O) groups is 1. The van der Waals surface area contributed by atoms with Crippen LogP contribution in [0, 0.1) is 0 Å². The number of nitrogens with one attached hydrogen (secondary N) is 1. The van der Waals surface area contributed by atoms with E-state index in [1.807, 2.05) is 4.90 Å². The smallest absolute Gasteiger partial charge is 0.251 e. The Balaban J connectivity index is 1.47. The fourth-order valence-corrected chi connectivity index (χ4v) is 4.14. The second kappa shape index (κ2) is 9.89. The molecule has 1 N–H and O–H groups in total. The number of nitrogens with zero attached hydrogens (tertiary/aromatic N) is 4. The number of hydrogen-bond donors (Lipinski definition) is 1. The summed E-state index contributed by atoms with van der Waals surface area (Å²) in [4.78, 5) is 24.0. The Kier molecular flexibility index (Phi) is 7.54. The summed E-state index contributed by atoms with van der Waals surface area (Å²) in [5.74, 6) is 1.12. The number of morpholine rings is 1. The third-order valence-corrected chi connectivity index (χ3v) is 5.61. The van der Waals surface area contributed by atoms with Crippen LogP contribution in [-0.2, 0) is 14.3 Å². The molecule has 1 amide bonds. The molecule has 3 aliphatic heterocycles. The lowest BCUT2D eigenvalue weighted by Gasteiger charge is -2.38. The Hall–Kier alpha value is -1.38. The molecule has 3 saturated heterocycles. The summed E-state index contributed by atoms with van der Waals surface area (Å²) in [6, 6.07) is 0. The summed E-state index contributed by atoms with van der Waals surface area (Å²) in [7, 11) is 0. The van der Waals surface area contributed by atoms with Crippen LogP contribution in [0.1, 0.15) is 33.6 Å².